The molecule has 1 fully saturated rings. The van der Waals surface area contributed by atoms with E-state index in [1.807, 2.05) is 0 Å². The van der Waals surface area contributed by atoms with E-state index in [0.29, 0.717) is 6.42 Å². The van der Waals surface area contributed by atoms with E-state index in [4.69, 9.17) is 9.47 Å². The highest BCUT2D eigenvalue weighted by Gasteiger charge is 2.25. The Morgan fingerprint density at radius 1 is 1.26 bits per heavy atom. The van der Waals surface area contributed by atoms with Gasteiger partial charge in [0.15, 0.2) is 0 Å². The van der Waals surface area contributed by atoms with Gasteiger partial charge in [0.05, 0.1) is 5.92 Å². The number of rotatable bonds is 4. The number of hydrogen-bond donors (Lipinski definition) is 0. The van der Waals surface area contributed by atoms with Crippen LogP contribution >= 0.6 is 0 Å². The fourth-order valence-corrected chi connectivity index (χ4v) is 1.77. The zero-order valence-electron chi connectivity index (χ0n) is 11.6. The van der Waals surface area contributed by atoms with Gasteiger partial charge >= 0.3 is 11.9 Å². The lowest BCUT2D eigenvalue weighted by Gasteiger charge is -2.17. The predicted molar refractivity (Wildman–Crippen MR) is 68.3 cm³/mol. The predicted octanol–water partition coefficient (Wildman–Crippen LogP) is 1.80. The van der Waals surface area contributed by atoms with E-state index >= 15 is 0 Å². The van der Waals surface area contributed by atoms with Crippen LogP contribution in [0.2, 0.25) is 0 Å². The van der Waals surface area contributed by atoms with Crippen LogP contribution in [0, 0.1) is 5.92 Å². The zero-order chi connectivity index (χ0) is 14.5. The van der Waals surface area contributed by atoms with Crippen LogP contribution in [0.25, 0.3) is 0 Å². The zero-order valence-corrected chi connectivity index (χ0v) is 11.6. The van der Waals surface area contributed by atoms with Gasteiger partial charge in [0.25, 0.3) is 0 Å². The summed E-state index contributed by atoms with van der Waals surface area (Å²) in [5.41, 5.74) is -0.596. The Morgan fingerprint density at radius 2 is 1.89 bits per heavy atom. The maximum absolute atomic E-state index is 11.3. The first-order valence-electron chi connectivity index (χ1n) is 6.38. The molecule has 1 unspecified atom stereocenters. The van der Waals surface area contributed by atoms with Crippen LogP contribution in [0.3, 0.4) is 0 Å². The molecule has 0 N–H and O–H groups in total. The van der Waals surface area contributed by atoms with Crippen molar-refractivity contribution in [3.05, 3.63) is 12.2 Å². The lowest BCUT2D eigenvalue weighted by molar-refractivity contribution is -0.149. The molecule has 0 spiro atoms. The van der Waals surface area contributed by atoms with Crippen molar-refractivity contribution in [1.29, 1.82) is 0 Å². The molecule has 1 aliphatic rings. The van der Waals surface area contributed by atoms with E-state index < -0.39 is 17.5 Å². The molecule has 1 atom stereocenters. The second kappa shape index (κ2) is 6.50. The summed E-state index contributed by atoms with van der Waals surface area (Å²) >= 11 is 0. The van der Waals surface area contributed by atoms with Crippen molar-refractivity contribution < 1.29 is 23.9 Å². The van der Waals surface area contributed by atoms with E-state index in [-0.39, 0.29) is 18.3 Å². The van der Waals surface area contributed by atoms with Crippen LogP contribution in [0.4, 0.5) is 0 Å². The third-order valence-corrected chi connectivity index (χ3v) is 2.62. The van der Waals surface area contributed by atoms with E-state index in [1.165, 1.54) is 0 Å². The SMILES string of the molecule is CC(C)(C)OC(=O)/C=C/C(=O)OCC1CCCC1=O. The average Bonchev–Trinajstić information content (AvgIpc) is 2.67. The van der Waals surface area contributed by atoms with E-state index in [1.54, 1.807) is 20.8 Å². The van der Waals surface area contributed by atoms with Gasteiger partial charge < -0.3 is 9.47 Å². The molecule has 0 bridgehead atoms. The Labute approximate surface area is 112 Å². The first-order chi connectivity index (χ1) is 8.78. The Morgan fingerprint density at radius 3 is 2.42 bits per heavy atom. The number of carbonyl (C=O) groups excluding carboxylic acids is 3. The van der Waals surface area contributed by atoms with E-state index in [0.717, 1.165) is 25.0 Å². The highest BCUT2D eigenvalue weighted by Crippen LogP contribution is 2.21. The standard InChI is InChI=1S/C14H20O5/c1-14(2,3)19-13(17)8-7-12(16)18-9-10-5-4-6-11(10)15/h7-8,10H,4-6,9H2,1-3H3/b8-7+. The lowest BCUT2D eigenvalue weighted by atomic mass is 10.1. The van der Waals surface area contributed by atoms with Gasteiger partial charge in [-0.1, -0.05) is 0 Å². The molecule has 0 aromatic carbocycles. The minimum Gasteiger partial charge on any atom is -0.462 e. The first-order valence-corrected chi connectivity index (χ1v) is 6.38. The summed E-state index contributed by atoms with van der Waals surface area (Å²) in [6.07, 6.45) is 4.24. The molecule has 0 amide bonds. The first kappa shape index (κ1) is 15.4. The number of hydrogen-bond acceptors (Lipinski definition) is 5. The molecule has 0 aliphatic heterocycles. The van der Waals surface area contributed by atoms with Gasteiger partial charge in [0, 0.05) is 18.6 Å². The molecule has 0 aromatic heterocycles. The monoisotopic (exact) mass is 268 g/mol. The summed E-state index contributed by atoms with van der Waals surface area (Å²) in [5, 5.41) is 0. The van der Waals surface area contributed by atoms with Crippen molar-refractivity contribution >= 4 is 17.7 Å². The van der Waals surface area contributed by atoms with E-state index in [2.05, 4.69) is 0 Å². The van der Waals surface area contributed by atoms with Crippen molar-refractivity contribution in [2.45, 2.75) is 45.6 Å². The lowest BCUT2D eigenvalue weighted by Crippen LogP contribution is -2.22. The van der Waals surface area contributed by atoms with Crippen molar-refractivity contribution in [2.24, 2.45) is 5.92 Å². The van der Waals surface area contributed by atoms with E-state index in [9.17, 15) is 14.4 Å². The number of carbonyl (C=O) groups is 3. The Kier molecular flexibility index (Phi) is 5.27. The number of ether oxygens (including phenoxy) is 2. The summed E-state index contributed by atoms with van der Waals surface area (Å²) in [6, 6.07) is 0. The van der Waals surface area contributed by atoms with Gasteiger partial charge in [-0.3, -0.25) is 4.79 Å². The molecule has 0 aromatic rings. The quantitative estimate of drug-likeness (QED) is 0.574. The maximum Gasteiger partial charge on any atom is 0.331 e. The third kappa shape index (κ3) is 6.18. The van der Waals surface area contributed by atoms with Crippen molar-refractivity contribution in [3.63, 3.8) is 0 Å². The normalized spacial score (nSPS) is 19.7. The molecule has 1 saturated carbocycles. The molecule has 0 radical (unpaired) electrons. The number of ketones is 1. The Hall–Kier alpha value is -1.65. The molecule has 5 nitrogen and oxygen atoms in total. The molecule has 19 heavy (non-hydrogen) atoms. The molecule has 0 saturated heterocycles. The van der Waals surface area contributed by atoms with Crippen molar-refractivity contribution in [1.82, 2.24) is 0 Å². The fourth-order valence-electron chi connectivity index (χ4n) is 1.77. The highest BCUT2D eigenvalue weighted by molar-refractivity contribution is 5.92. The minimum absolute atomic E-state index is 0.0936. The average molecular weight is 268 g/mol. The molecule has 1 aliphatic carbocycles. The van der Waals surface area contributed by atoms with Gasteiger partial charge in [0.2, 0.25) is 0 Å². The summed E-state index contributed by atoms with van der Waals surface area (Å²) < 4.78 is 9.92. The van der Waals surface area contributed by atoms with Gasteiger partial charge in [-0.05, 0) is 33.6 Å². The van der Waals surface area contributed by atoms with Crippen molar-refractivity contribution in [2.75, 3.05) is 6.61 Å². The maximum atomic E-state index is 11.3. The Balaban J connectivity index is 2.30. The topological polar surface area (TPSA) is 69.7 Å². The van der Waals surface area contributed by atoms with Crippen LogP contribution in [-0.4, -0.2) is 29.9 Å². The molecule has 0 heterocycles. The Bertz CT molecular complexity index is 389. The molecular formula is C14H20O5. The van der Waals surface area contributed by atoms with Crippen LogP contribution in [0.15, 0.2) is 12.2 Å². The van der Waals surface area contributed by atoms with Gasteiger partial charge in [0.1, 0.15) is 18.0 Å². The summed E-state index contributed by atoms with van der Waals surface area (Å²) in [5.74, 6) is -1.27. The minimum atomic E-state index is -0.634. The van der Waals surface area contributed by atoms with Gasteiger partial charge in [-0.25, -0.2) is 9.59 Å². The van der Waals surface area contributed by atoms with Gasteiger partial charge in [-0.15, -0.1) is 0 Å². The van der Waals surface area contributed by atoms with Gasteiger partial charge in [-0.2, -0.15) is 0 Å². The fraction of sp³-hybridized carbons (Fsp3) is 0.643. The van der Waals surface area contributed by atoms with Crippen LogP contribution in [-0.2, 0) is 23.9 Å². The largest absolute Gasteiger partial charge is 0.462 e. The third-order valence-electron chi connectivity index (χ3n) is 2.62. The van der Waals surface area contributed by atoms with Crippen molar-refractivity contribution in [3.8, 4) is 0 Å². The second-order valence-electron chi connectivity index (χ2n) is 5.55. The molecule has 1 rings (SSSR count). The van der Waals surface area contributed by atoms with Crippen LogP contribution in [0.5, 0.6) is 0 Å². The smallest absolute Gasteiger partial charge is 0.331 e. The number of Topliss-reactive ketones (excluding diaryl/α,β-unsaturated/α-hetero) is 1. The van der Waals surface area contributed by atoms with Crippen LogP contribution in [0.1, 0.15) is 40.0 Å². The highest BCUT2D eigenvalue weighted by atomic mass is 16.6. The summed E-state index contributed by atoms with van der Waals surface area (Å²) in [7, 11) is 0. The second-order valence-corrected chi connectivity index (χ2v) is 5.55. The molecule has 106 valence electrons. The van der Waals surface area contributed by atoms with Crippen LogP contribution < -0.4 is 0 Å². The molecular weight excluding hydrogens is 248 g/mol. The summed E-state index contributed by atoms with van der Waals surface area (Å²) in [6.45, 7) is 5.31. The number of esters is 2. The summed E-state index contributed by atoms with van der Waals surface area (Å²) in [4.78, 5) is 34.0. The molecule has 5 heteroatoms.